The highest BCUT2D eigenvalue weighted by molar-refractivity contribution is 7.10. The fourth-order valence-electron chi connectivity index (χ4n) is 4.91. The fourth-order valence-corrected chi connectivity index (χ4v) is 5.86. The summed E-state index contributed by atoms with van der Waals surface area (Å²) in [5, 5.41) is 2.24. The van der Waals surface area contributed by atoms with E-state index in [1.54, 1.807) is 4.88 Å². The summed E-state index contributed by atoms with van der Waals surface area (Å²) in [5.41, 5.74) is 5.38. The minimum atomic E-state index is -0.0328. The van der Waals surface area contributed by atoms with Crippen LogP contribution in [0, 0.1) is 13.8 Å². The minimum absolute atomic E-state index is 0.0328. The Kier molecular flexibility index (Phi) is 4.62. The number of aromatic nitrogens is 2. The number of ether oxygens (including phenoxy) is 1. The molecule has 5 heteroatoms. The highest BCUT2D eigenvalue weighted by Gasteiger charge is 2.41. The third-order valence-corrected chi connectivity index (χ3v) is 7.40. The molecule has 3 aromatic heterocycles. The molecule has 0 aromatic carbocycles. The lowest BCUT2D eigenvalue weighted by atomic mass is 9.82. The quantitative estimate of drug-likeness (QED) is 0.651. The molecule has 2 aliphatic rings. The number of likely N-dealkylation sites (tertiary alicyclic amines) is 1. The second-order valence-electron chi connectivity index (χ2n) is 8.05. The van der Waals surface area contributed by atoms with Crippen molar-refractivity contribution in [3.63, 3.8) is 0 Å². The Hall–Kier alpha value is -1.95. The largest absolute Gasteiger partial charge is 0.370 e. The second-order valence-corrected chi connectivity index (χ2v) is 9.05. The molecule has 1 saturated heterocycles. The smallest absolute Gasteiger partial charge is 0.136 e. The van der Waals surface area contributed by atoms with E-state index < -0.39 is 0 Å². The summed E-state index contributed by atoms with van der Waals surface area (Å²) < 4.78 is 8.63. The number of rotatable bonds is 3. The van der Waals surface area contributed by atoms with E-state index in [-0.39, 0.29) is 5.60 Å². The molecule has 5 rings (SSSR count). The standard InChI is InChI=1S/C23H27N3OS/c1-17-15-19(18(2)26(17)22-5-3-4-10-24-22)16-25-11-8-23(9-12-25)20-7-14-28-21(20)6-13-27-23/h3-5,7,10,14-15H,6,8-9,11-13,16H2,1-2H3. The Morgan fingerprint density at radius 1 is 1.18 bits per heavy atom. The molecular weight excluding hydrogens is 366 g/mol. The Morgan fingerprint density at radius 3 is 2.82 bits per heavy atom. The number of nitrogens with zero attached hydrogens (tertiary/aromatic N) is 3. The van der Waals surface area contributed by atoms with Crippen molar-refractivity contribution in [1.82, 2.24) is 14.5 Å². The Morgan fingerprint density at radius 2 is 2.04 bits per heavy atom. The monoisotopic (exact) mass is 393 g/mol. The summed E-state index contributed by atoms with van der Waals surface area (Å²) in [4.78, 5) is 8.66. The molecule has 5 heterocycles. The molecule has 1 spiro atoms. The average Bonchev–Trinajstić information content (AvgIpc) is 3.30. The fraction of sp³-hybridized carbons (Fsp3) is 0.435. The molecule has 146 valence electrons. The van der Waals surface area contributed by atoms with Crippen molar-refractivity contribution in [3.8, 4) is 5.82 Å². The van der Waals surface area contributed by atoms with Crippen LogP contribution in [0.25, 0.3) is 5.82 Å². The zero-order valence-electron chi connectivity index (χ0n) is 16.6. The first-order chi connectivity index (χ1) is 13.7. The van der Waals surface area contributed by atoms with Crippen molar-refractivity contribution in [3.05, 3.63) is 69.3 Å². The highest BCUT2D eigenvalue weighted by atomic mass is 32.1. The zero-order valence-corrected chi connectivity index (χ0v) is 17.5. The van der Waals surface area contributed by atoms with Crippen LogP contribution in [-0.4, -0.2) is 34.1 Å². The van der Waals surface area contributed by atoms with Crippen LogP contribution in [0.1, 0.15) is 40.2 Å². The topological polar surface area (TPSA) is 30.3 Å². The molecule has 3 aromatic rings. The van der Waals surface area contributed by atoms with Gasteiger partial charge in [-0.1, -0.05) is 6.07 Å². The van der Waals surface area contributed by atoms with Gasteiger partial charge in [0.2, 0.25) is 0 Å². The first-order valence-corrected chi connectivity index (χ1v) is 11.1. The second kappa shape index (κ2) is 7.14. The molecule has 0 aliphatic carbocycles. The van der Waals surface area contributed by atoms with Crippen LogP contribution >= 0.6 is 11.3 Å². The lowest BCUT2D eigenvalue weighted by molar-refractivity contribution is -0.0980. The summed E-state index contributed by atoms with van der Waals surface area (Å²) in [6, 6.07) is 10.7. The number of hydrogen-bond donors (Lipinski definition) is 0. The van der Waals surface area contributed by atoms with Crippen molar-refractivity contribution in [2.45, 2.75) is 45.3 Å². The van der Waals surface area contributed by atoms with Gasteiger partial charge in [-0.3, -0.25) is 4.90 Å². The van der Waals surface area contributed by atoms with Crippen molar-refractivity contribution < 1.29 is 4.74 Å². The SMILES string of the molecule is Cc1cc(CN2CCC3(CC2)OCCc2sccc23)c(C)n1-c1ccccn1. The molecular formula is C23H27N3OS. The van der Waals surface area contributed by atoms with Gasteiger partial charge in [0, 0.05) is 48.5 Å². The molecule has 1 fully saturated rings. The van der Waals surface area contributed by atoms with E-state index in [2.05, 4.69) is 51.9 Å². The summed E-state index contributed by atoms with van der Waals surface area (Å²) in [5.74, 6) is 1.00. The van der Waals surface area contributed by atoms with Gasteiger partial charge >= 0.3 is 0 Å². The van der Waals surface area contributed by atoms with E-state index in [0.29, 0.717) is 0 Å². The maximum Gasteiger partial charge on any atom is 0.136 e. The predicted molar refractivity (Wildman–Crippen MR) is 113 cm³/mol. The van der Waals surface area contributed by atoms with Crippen molar-refractivity contribution in [2.24, 2.45) is 0 Å². The normalized spacial score (nSPS) is 19.1. The van der Waals surface area contributed by atoms with E-state index in [0.717, 1.165) is 51.3 Å². The Bertz CT molecular complexity index is 967. The molecule has 0 N–H and O–H groups in total. The van der Waals surface area contributed by atoms with Gasteiger partial charge in [0.1, 0.15) is 5.82 Å². The van der Waals surface area contributed by atoms with E-state index in [1.807, 2.05) is 29.7 Å². The van der Waals surface area contributed by atoms with Gasteiger partial charge in [-0.2, -0.15) is 0 Å². The number of thiophene rings is 1. The van der Waals surface area contributed by atoms with Crippen LogP contribution in [-0.2, 0) is 23.3 Å². The van der Waals surface area contributed by atoms with Crippen LogP contribution in [0.5, 0.6) is 0 Å². The van der Waals surface area contributed by atoms with E-state index in [9.17, 15) is 0 Å². The molecule has 0 amide bonds. The number of hydrogen-bond acceptors (Lipinski definition) is 4. The maximum atomic E-state index is 6.36. The van der Waals surface area contributed by atoms with Gasteiger partial charge in [0.25, 0.3) is 0 Å². The maximum absolute atomic E-state index is 6.36. The first kappa shape index (κ1) is 18.1. The number of piperidine rings is 1. The van der Waals surface area contributed by atoms with E-state index >= 15 is 0 Å². The van der Waals surface area contributed by atoms with Crippen LogP contribution in [0.15, 0.2) is 41.9 Å². The molecule has 28 heavy (non-hydrogen) atoms. The number of fused-ring (bicyclic) bond motifs is 2. The molecule has 0 atom stereocenters. The molecule has 0 radical (unpaired) electrons. The van der Waals surface area contributed by atoms with Gasteiger partial charge in [0.15, 0.2) is 0 Å². The average molecular weight is 394 g/mol. The third-order valence-electron chi connectivity index (χ3n) is 6.42. The lowest BCUT2D eigenvalue weighted by Gasteiger charge is -2.44. The molecule has 0 bridgehead atoms. The highest BCUT2D eigenvalue weighted by Crippen LogP contribution is 2.43. The summed E-state index contributed by atoms with van der Waals surface area (Å²) in [7, 11) is 0. The predicted octanol–water partition coefficient (Wildman–Crippen LogP) is 4.61. The summed E-state index contributed by atoms with van der Waals surface area (Å²) in [6.45, 7) is 8.43. The molecule has 0 unspecified atom stereocenters. The molecule has 0 saturated carbocycles. The van der Waals surface area contributed by atoms with Crippen LogP contribution < -0.4 is 0 Å². The summed E-state index contributed by atoms with van der Waals surface area (Å²) in [6.07, 6.45) is 5.13. The van der Waals surface area contributed by atoms with Gasteiger partial charge in [-0.15, -0.1) is 11.3 Å². The van der Waals surface area contributed by atoms with Crippen molar-refractivity contribution in [1.29, 1.82) is 0 Å². The molecule has 2 aliphatic heterocycles. The Labute approximate surface area is 170 Å². The minimum Gasteiger partial charge on any atom is -0.370 e. The van der Waals surface area contributed by atoms with Crippen LogP contribution in [0.2, 0.25) is 0 Å². The van der Waals surface area contributed by atoms with Gasteiger partial charge in [0.05, 0.1) is 12.2 Å². The molecule has 4 nitrogen and oxygen atoms in total. The van der Waals surface area contributed by atoms with Crippen molar-refractivity contribution >= 4 is 11.3 Å². The summed E-state index contributed by atoms with van der Waals surface area (Å²) >= 11 is 1.90. The van der Waals surface area contributed by atoms with E-state index in [4.69, 9.17) is 4.74 Å². The lowest BCUT2D eigenvalue weighted by Crippen LogP contribution is -2.45. The number of pyridine rings is 1. The van der Waals surface area contributed by atoms with E-state index in [1.165, 1.54) is 22.5 Å². The van der Waals surface area contributed by atoms with Gasteiger partial charge < -0.3 is 9.30 Å². The van der Waals surface area contributed by atoms with Crippen LogP contribution in [0.3, 0.4) is 0 Å². The van der Waals surface area contributed by atoms with Crippen molar-refractivity contribution in [2.75, 3.05) is 19.7 Å². The Balaban J connectivity index is 1.32. The van der Waals surface area contributed by atoms with Crippen LogP contribution in [0.4, 0.5) is 0 Å². The first-order valence-electron chi connectivity index (χ1n) is 10.2. The zero-order chi connectivity index (χ0) is 19.1. The number of aryl methyl sites for hydroxylation is 1. The van der Waals surface area contributed by atoms with Gasteiger partial charge in [-0.25, -0.2) is 4.98 Å². The van der Waals surface area contributed by atoms with Gasteiger partial charge in [-0.05, 0) is 67.5 Å². The third kappa shape index (κ3) is 3.02.